The molecule has 92 valence electrons. The van der Waals surface area contributed by atoms with E-state index in [0.29, 0.717) is 6.61 Å². The number of thioether (sulfide) groups is 1. The summed E-state index contributed by atoms with van der Waals surface area (Å²) in [6.45, 7) is 2.25. The summed E-state index contributed by atoms with van der Waals surface area (Å²) in [7, 11) is 0. The Kier molecular flexibility index (Phi) is 8.37. The zero-order chi connectivity index (χ0) is 11.8. The fourth-order valence-corrected chi connectivity index (χ4v) is 4.08. The molecule has 1 aromatic rings. The number of hydrogen-bond donors (Lipinski definition) is 2. The van der Waals surface area contributed by atoms with Crippen molar-refractivity contribution in [1.82, 2.24) is 5.32 Å². The SMILES string of the molecule is OCCCSCCNCc1cc(Br)c(Br)s1. The lowest BCUT2D eigenvalue weighted by Crippen LogP contribution is -2.15. The highest BCUT2D eigenvalue weighted by molar-refractivity contribution is 9.13. The number of aliphatic hydroxyl groups is 1. The third-order valence-corrected chi connectivity index (χ3v) is 6.19. The molecule has 0 aliphatic carbocycles. The van der Waals surface area contributed by atoms with Crippen molar-refractivity contribution >= 4 is 55.0 Å². The van der Waals surface area contributed by atoms with Crippen LogP contribution in [-0.2, 0) is 6.54 Å². The fraction of sp³-hybridized carbons (Fsp3) is 0.600. The molecule has 0 amide bonds. The molecule has 1 rings (SSSR count). The van der Waals surface area contributed by atoms with Gasteiger partial charge in [0, 0.05) is 34.8 Å². The molecule has 0 atom stereocenters. The molecule has 0 fully saturated rings. The van der Waals surface area contributed by atoms with E-state index < -0.39 is 0 Å². The number of aliphatic hydroxyl groups excluding tert-OH is 1. The zero-order valence-corrected chi connectivity index (χ0v) is 13.6. The van der Waals surface area contributed by atoms with Crippen LogP contribution >= 0.6 is 55.0 Å². The maximum absolute atomic E-state index is 8.61. The van der Waals surface area contributed by atoms with E-state index in [2.05, 4.69) is 43.2 Å². The summed E-state index contributed by atoms with van der Waals surface area (Å²) < 4.78 is 2.29. The second-order valence-electron chi connectivity index (χ2n) is 3.20. The summed E-state index contributed by atoms with van der Waals surface area (Å²) in [5.41, 5.74) is 0. The zero-order valence-electron chi connectivity index (χ0n) is 8.84. The highest BCUT2D eigenvalue weighted by Gasteiger charge is 2.02. The molecule has 0 aliphatic heterocycles. The van der Waals surface area contributed by atoms with Crippen LogP contribution < -0.4 is 5.32 Å². The summed E-state index contributed by atoms with van der Waals surface area (Å²) in [6.07, 6.45) is 0.898. The largest absolute Gasteiger partial charge is 0.396 e. The molecular formula is C10H15Br2NOS2. The summed E-state index contributed by atoms with van der Waals surface area (Å²) >= 11 is 10.6. The van der Waals surface area contributed by atoms with Gasteiger partial charge in [0.05, 0.1) is 3.79 Å². The topological polar surface area (TPSA) is 32.3 Å². The van der Waals surface area contributed by atoms with E-state index in [9.17, 15) is 0 Å². The molecule has 0 saturated carbocycles. The van der Waals surface area contributed by atoms with Gasteiger partial charge in [0.1, 0.15) is 0 Å². The van der Waals surface area contributed by atoms with Crippen LogP contribution in [0.4, 0.5) is 0 Å². The normalized spacial score (nSPS) is 10.9. The minimum Gasteiger partial charge on any atom is -0.396 e. The molecule has 0 bridgehead atoms. The van der Waals surface area contributed by atoms with Crippen molar-refractivity contribution in [3.05, 3.63) is 19.2 Å². The van der Waals surface area contributed by atoms with Crippen LogP contribution in [0.1, 0.15) is 11.3 Å². The van der Waals surface area contributed by atoms with Gasteiger partial charge in [-0.05, 0) is 50.1 Å². The Labute approximate surface area is 121 Å². The molecule has 2 N–H and O–H groups in total. The first-order valence-corrected chi connectivity index (χ1v) is 8.62. The van der Waals surface area contributed by atoms with Crippen molar-refractivity contribution in [2.24, 2.45) is 0 Å². The molecule has 1 heterocycles. The Balaban J connectivity index is 2.03. The Morgan fingerprint density at radius 2 is 2.19 bits per heavy atom. The van der Waals surface area contributed by atoms with Gasteiger partial charge in [-0.2, -0.15) is 11.8 Å². The van der Waals surface area contributed by atoms with Gasteiger partial charge in [-0.3, -0.25) is 0 Å². The molecule has 0 radical (unpaired) electrons. The van der Waals surface area contributed by atoms with Crippen molar-refractivity contribution in [3.63, 3.8) is 0 Å². The molecule has 2 nitrogen and oxygen atoms in total. The van der Waals surface area contributed by atoms with Crippen LogP contribution in [0.3, 0.4) is 0 Å². The van der Waals surface area contributed by atoms with Gasteiger partial charge < -0.3 is 10.4 Å². The average Bonchev–Trinajstić information content (AvgIpc) is 2.57. The number of hydrogen-bond acceptors (Lipinski definition) is 4. The quantitative estimate of drug-likeness (QED) is 0.668. The van der Waals surface area contributed by atoms with E-state index in [1.807, 2.05) is 11.8 Å². The lowest BCUT2D eigenvalue weighted by atomic mass is 10.4. The molecule has 0 aliphatic rings. The van der Waals surface area contributed by atoms with Crippen molar-refractivity contribution in [2.45, 2.75) is 13.0 Å². The van der Waals surface area contributed by atoms with E-state index in [1.165, 1.54) is 4.88 Å². The van der Waals surface area contributed by atoms with Gasteiger partial charge in [-0.1, -0.05) is 0 Å². The maximum atomic E-state index is 8.61. The molecule has 0 unspecified atom stereocenters. The summed E-state index contributed by atoms with van der Waals surface area (Å²) in [6, 6.07) is 2.14. The molecule has 6 heteroatoms. The van der Waals surface area contributed by atoms with Crippen molar-refractivity contribution in [3.8, 4) is 0 Å². The van der Waals surface area contributed by atoms with Crippen molar-refractivity contribution < 1.29 is 5.11 Å². The van der Waals surface area contributed by atoms with Crippen LogP contribution in [0.25, 0.3) is 0 Å². The molecular weight excluding hydrogens is 374 g/mol. The third kappa shape index (κ3) is 6.02. The minimum absolute atomic E-state index is 0.303. The summed E-state index contributed by atoms with van der Waals surface area (Å²) in [4.78, 5) is 1.33. The van der Waals surface area contributed by atoms with Gasteiger partial charge in [0.2, 0.25) is 0 Å². The number of thiophene rings is 1. The van der Waals surface area contributed by atoms with Crippen molar-refractivity contribution in [1.29, 1.82) is 0 Å². The van der Waals surface area contributed by atoms with Crippen LogP contribution in [0, 0.1) is 0 Å². The van der Waals surface area contributed by atoms with E-state index >= 15 is 0 Å². The molecule has 0 saturated heterocycles. The molecule has 0 aromatic carbocycles. The predicted octanol–water partition coefficient (Wildman–Crippen LogP) is 3.48. The van der Waals surface area contributed by atoms with Gasteiger partial charge in [-0.15, -0.1) is 11.3 Å². The molecule has 16 heavy (non-hydrogen) atoms. The fourth-order valence-electron chi connectivity index (χ4n) is 1.10. The van der Waals surface area contributed by atoms with Crippen LogP contribution in [0.5, 0.6) is 0 Å². The Hall–Kier alpha value is 0.930. The average molecular weight is 389 g/mol. The summed E-state index contributed by atoms with van der Waals surface area (Å²) in [5, 5.41) is 12.0. The Morgan fingerprint density at radius 1 is 1.38 bits per heavy atom. The van der Waals surface area contributed by atoms with Gasteiger partial charge >= 0.3 is 0 Å². The van der Waals surface area contributed by atoms with Gasteiger partial charge in [-0.25, -0.2) is 0 Å². The van der Waals surface area contributed by atoms with E-state index in [-0.39, 0.29) is 0 Å². The van der Waals surface area contributed by atoms with Gasteiger partial charge in [0.25, 0.3) is 0 Å². The standard InChI is InChI=1S/C10H15Br2NOS2/c11-9-6-8(16-10(9)12)7-13-2-5-15-4-1-3-14/h6,13-14H,1-5,7H2. The minimum atomic E-state index is 0.303. The monoisotopic (exact) mass is 387 g/mol. The maximum Gasteiger partial charge on any atom is 0.0843 e. The highest BCUT2D eigenvalue weighted by Crippen LogP contribution is 2.32. The lowest BCUT2D eigenvalue weighted by Gasteiger charge is -2.02. The second-order valence-corrected chi connectivity index (χ2v) is 7.73. The number of rotatable bonds is 8. The Bertz CT molecular complexity index is 288. The van der Waals surface area contributed by atoms with E-state index in [1.54, 1.807) is 11.3 Å². The lowest BCUT2D eigenvalue weighted by molar-refractivity contribution is 0.296. The smallest absolute Gasteiger partial charge is 0.0843 e. The summed E-state index contributed by atoms with van der Waals surface area (Å²) in [5.74, 6) is 2.15. The van der Waals surface area contributed by atoms with Crippen LogP contribution in [-0.4, -0.2) is 29.8 Å². The predicted molar refractivity (Wildman–Crippen MR) is 80.5 cm³/mol. The first kappa shape index (κ1) is 15.0. The first-order valence-electron chi connectivity index (χ1n) is 5.07. The number of nitrogens with one attached hydrogen (secondary N) is 1. The first-order chi connectivity index (χ1) is 7.74. The molecule has 1 aromatic heterocycles. The molecule has 0 spiro atoms. The Morgan fingerprint density at radius 3 is 2.81 bits per heavy atom. The third-order valence-electron chi connectivity index (χ3n) is 1.87. The van der Waals surface area contributed by atoms with Crippen LogP contribution in [0.15, 0.2) is 14.3 Å². The van der Waals surface area contributed by atoms with Crippen molar-refractivity contribution in [2.75, 3.05) is 24.7 Å². The van der Waals surface area contributed by atoms with Gasteiger partial charge in [0.15, 0.2) is 0 Å². The van der Waals surface area contributed by atoms with E-state index in [0.717, 1.165) is 39.3 Å². The second kappa shape index (κ2) is 8.94. The highest BCUT2D eigenvalue weighted by atomic mass is 79.9. The van der Waals surface area contributed by atoms with Crippen LogP contribution in [0.2, 0.25) is 0 Å². The number of halogens is 2. The van der Waals surface area contributed by atoms with E-state index in [4.69, 9.17) is 5.11 Å².